The molecule has 0 aliphatic rings. The van der Waals surface area contributed by atoms with E-state index in [0.717, 1.165) is 16.5 Å². The van der Waals surface area contributed by atoms with Gasteiger partial charge in [0.25, 0.3) is 5.91 Å². The molecule has 0 aliphatic heterocycles. The van der Waals surface area contributed by atoms with Crippen LogP contribution in [0.15, 0.2) is 63.5 Å². The fourth-order valence-corrected chi connectivity index (χ4v) is 2.48. The van der Waals surface area contributed by atoms with Crippen LogP contribution >= 0.6 is 0 Å². The lowest BCUT2D eigenvalue weighted by atomic mass is 10.1. The zero-order valence-corrected chi connectivity index (χ0v) is 13.5. The molecule has 0 aliphatic carbocycles. The highest BCUT2D eigenvalue weighted by Crippen LogP contribution is 2.19. The van der Waals surface area contributed by atoms with Crippen molar-refractivity contribution in [2.24, 2.45) is 0 Å². The predicted octanol–water partition coefficient (Wildman–Crippen LogP) is 3.72. The van der Waals surface area contributed by atoms with Gasteiger partial charge in [-0.2, -0.15) is 4.98 Å². The molecule has 6 heteroatoms. The highest BCUT2D eigenvalue weighted by molar-refractivity contribution is 5.95. The molecule has 0 unspecified atom stereocenters. The van der Waals surface area contributed by atoms with Crippen LogP contribution in [-0.4, -0.2) is 16.0 Å². The number of nitrogens with one attached hydrogen (secondary N) is 1. The summed E-state index contributed by atoms with van der Waals surface area (Å²) in [4.78, 5) is 16.5. The summed E-state index contributed by atoms with van der Waals surface area (Å²) in [7, 11) is 0. The van der Waals surface area contributed by atoms with Gasteiger partial charge in [-0.05, 0) is 19.1 Å². The van der Waals surface area contributed by atoms with Gasteiger partial charge < -0.3 is 14.3 Å². The van der Waals surface area contributed by atoms with Gasteiger partial charge >= 0.3 is 0 Å². The first kappa shape index (κ1) is 15.1. The standard InChI is InChI=1S/C19H15N3O3/c1-12-6-8-13(9-7-12)18-21-17(25-22-18)11-20-19(23)16-10-14-4-2-3-5-15(14)24-16/h2-10H,11H2,1H3,(H,20,23). The monoisotopic (exact) mass is 333 g/mol. The number of hydrogen-bond acceptors (Lipinski definition) is 5. The van der Waals surface area contributed by atoms with E-state index in [1.807, 2.05) is 55.5 Å². The summed E-state index contributed by atoms with van der Waals surface area (Å²) in [5, 5.41) is 7.54. The van der Waals surface area contributed by atoms with E-state index in [-0.39, 0.29) is 18.2 Å². The van der Waals surface area contributed by atoms with Crippen molar-refractivity contribution in [2.75, 3.05) is 0 Å². The van der Waals surface area contributed by atoms with Gasteiger partial charge in [0.2, 0.25) is 11.7 Å². The third kappa shape index (κ3) is 3.14. The molecule has 124 valence electrons. The summed E-state index contributed by atoms with van der Waals surface area (Å²) >= 11 is 0. The topological polar surface area (TPSA) is 81.2 Å². The van der Waals surface area contributed by atoms with Crippen LogP contribution in [0.1, 0.15) is 22.0 Å². The number of benzene rings is 2. The van der Waals surface area contributed by atoms with Crippen LogP contribution in [0.2, 0.25) is 0 Å². The molecule has 1 N–H and O–H groups in total. The molecule has 0 radical (unpaired) electrons. The Morgan fingerprint density at radius 3 is 2.72 bits per heavy atom. The Kier molecular flexibility index (Phi) is 3.78. The van der Waals surface area contributed by atoms with Gasteiger partial charge in [-0.3, -0.25) is 4.79 Å². The molecule has 2 aromatic heterocycles. The molecule has 0 bridgehead atoms. The van der Waals surface area contributed by atoms with Gasteiger partial charge in [0.1, 0.15) is 5.58 Å². The van der Waals surface area contributed by atoms with E-state index in [1.54, 1.807) is 6.07 Å². The van der Waals surface area contributed by atoms with Crippen molar-refractivity contribution in [3.05, 3.63) is 71.8 Å². The normalized spacial score (nSPS) is 10.9. The number of carbonyl (C=O) groups is 1. The number of para-hydroxylation sites is 1. The first-order chi connectivity index (χ1) is 12.2. The average molecular weight is 333 g/mol. The summed E-state index contributed by atoms with van der Waals surface area (Å²) in [6.45, 7) is 2.15. The van der Waals surface area contributed by atoms with Crippen LogP contribution in [0, 0.1) is 6.92 Å². The number of rotatable bonds is 4. The number of aryl methyl sites for hydroxylation is 1. The van der Waals surface area contributed by atoms with Gasteiger partial charge in [-0.1, -0.05) is 53.2 Å². The minimum Gasteiger partial charge on any atom is -0.451 e. The van der Waals surface area contributed by atoms with E-state index in [1.165, 1.54) is 0 Å². The number of fused-ring (bicyclic) bond motifs is 1. The molecule has 6 nitrogen and oxygen atoms in total. The molecule has 0 fully saturated rings. The first-order valence-corrected chi connectivity index (χ1v) is 7.85. The van der Waals surface area contributed by atoms with Crippen LogP contribution in [0.3, 0.4) is 0 Å². The lowest BCUT2D eigenvalue weighted by Crippen LogP contribution is -2.22. The SMILES string of the molecule is Cc1ccc(-c2noc(CNC(=O)c3cc4ccccc4o3)n2)cc1. The zero-order valence-electron chi connectivity index (χ0n) is 13.5. The average Bonchev–Trinajstić information content (AvgIpc) is 3.27. The van der Waals surface area contributed by atoms with Gasteiger partial charge in [0.05, 0.1) is 6.54 Å². The number of amides is 1. The summed E-state index contributed by atoms with van der Waals surface area (Å²) < 4.78 is 10.7. The lowest BCUT2D eigenvalue weighted by Gasteiger charge is -1.98. The second-order valence-electron chi connectivity index (χ2n) is 5.71. The molecule has 0 saturated heterocycles. The second-order valence-corrected chi connectivity index (χ2v) is 5.71. The Morgan fingerprint density at radius 2 is 1.92 bits per heavy atom. The van der Waals surface area contributed by atoms with Crippen molar-refractivity contribution in [1.82, 2.24) is 15.5 Å². The van der Waals surface area contributed by atoms with Gasteiger partial charge in [0, 0.05) is 10.9 Å². The quantitative estimate of drug-likeness (QED) is 0.615. The molecule has 2 heterocycles. The Labute approximate surface area is 143 Å². The number of carbonyl (C=O) groups excluding carboxylic acids is 1. The molecule has 1 amide bonds. The van der Waals surface area contributed by atoms with E-state index in [9.17, 15) is 4.79 Å². The molecular weight excluding hydrogens is 318 g/mol. The van der Waals surface area contributed by atoms with Crippen LogP contribution < -0.4 is 5.32 Å². The molecule has 0 saturated carbocycles. The molecule has 2 aromatic carbocycles. The molecule has 4 rings (SSSR count). The van der Waals surface area contributed by atoms with Gasteiger partial charge in [-0.15, -0.1) is 0 Å². The summed E-state index contributed by atoms with van der Waals surface area (Å²) in [6, 6.07) is 17.0. The fraction of sp³-hybridized carbons (Fsp3) is 0.105. The number of aromatic nitrogens is 2. The van der Waals surface area contributed by atoms with Crippen LogP contribution in [0.4, 0.5) is 0 Å². The maximum absolute atomic E-state index is 12.2. The molecule has 4 aromatic rings. The predicted molar refractivity (Wildman–Crippen MR) is 91.9 cm³/mol. The second kappa shape index (κ2) is 6.24. The maximum Gasteiger partial charge on any atom is 0.287 e. The van der Waals surface area contributed by atoms with Crippen molar-refractivity contribution >= 4 is 16.9 Å². The number of furan rings is 1. The van der Waals surface area contributed by atoms with Gasteiger partial charge in [0.15, 0.2) is 5.76 Å². The number of nitrogens with zero attached hydrogens (tertiary/aromatic N) is 2. The molecular formula is C19H15N3O3. The van der Waals surface area contributed by atoms with Crippen LogP contribution in [0.5, 0.6) is 0 Å². The van der Waals surface area contributed by atoms with Crippen molar-refractivity contribution in [3.63, 3.8) is 0 Å². The highest BCUT2D eigenvalue weighted by atomic mass is 16.5. The summed E-state index contributed by atoms with van der Waals surface area (Å²) in [5.74, 6) is 0.749. The van der Waals surface area contributed by atoms with E-state index >= 15 is 0 Å². The van der Waals surface area contributed by atoms with Crippen LogP contribution in [-0.2, 0) is 6.54 Å². The van der Waals surface area contributed by atoms with Crippen molar-refractivity contribution in [3.8, 4) is 11.4 Å². The summed E-state index contributed by atoms with van der Waals surface area (Å²) in [5.41, 5.74) is 2.70. The van der Waals surface area contributed by atoms with Crippen molar-refractivity contribution < 1.29 is 13.7 Å². The highest BCUT2D eigenvalue weighted by Gasteiger charge is 2.14. The van der Waals surface area contributed by atoms with Crippen LogP contribution in [0.25, 0.3) is 22.4 Å². The molecule has 0 atom stereocenters. The maximum atomic E-state index is 12.2. The van der Waals surface area contributed by atoms with E-state index in [2.05, 4.69) is 15.5 Å². The summed E-state index contributed by atoms with van der Waals surface area (Å²) in [6.07, 6.45) is 0. The Balaban J connectivity index is 1.44. The molecule has 0 spiro atoms. The minimum atomic E-state index is -0.328. The lowest BCUT2D eigenvalue weighted by molar-refractivity contribution is 0.0920. The Morgan fingerprint density at radius 1 is 1.12 bits per heavy atom. The van der Waals surface area contributed by atoms with Gasteiger partial charge in [-0.25, -0.2) is 0 Å². The van der Waals surface area contributed by atoms with E-state index in [0.29, 0.717) is 17.3 Å². The third-order valence-electron chi connectivity index (χ3n) is 3.83. The van der Waals surface area contributed by atoms with Crippen molar-refractivity contribution in [2.45, 2.75) is 13.5 Å². The largest absolute Gasteiger partial charge is 0.451 e. The molecule has 25 heavy (non-hydrogen) atoms. The third-order valence-corrected chi connectivity index (χ3v) is 3.83. The fourth-order valence-electron chi connectivity index (χ4n) is 2.48. The van der Waals surface area contributed by atoms with E-state index < -0.39 is 0 Å². The minimum absolute atomic E-state index is 0.134. The zero-order chi connectivity index (χ0) is 17.2. The van der Waals surface area contributed by atoms with E-state index in [4.69, 9.17) is 8.94 Å². The van der Waals surface area contributed by atoms with Crippen molar-refractivity contribution in [1.29, 1.82) is 0 Å². The first-order valence-electron chi connectivity index (χ1n) is 7.85. The Bertz CT molecular complexity index is 998. The smallest absolute Gasteiger partial charge is 0.287 e. The number of hydrogen-bond donors (Lipinski definition) is 1. The Hall–Kier alpha value is -3.41.